The van der Waals surface area contributed by atoms with Gasteiger partial charge in [-0.25, -0.2) is 29.9 Å². The van der Waals surface area contributed by atoms with Gasteiger partial charge in [0.05, 0.1) is 32.1 Å². The van der Waals surface area contributed by atoms with Gasteiger partial charge in [0.2, 0.25) is 18.6 Å². The maximum atomic E-state index is 5.56. The van der Waals surface area contributed by atoms with E-state index in [1.165, 1.54) is 92.6 Å². The molecule has 19 heteroatoms. The van der Waals surface area contributed by atoms with Crippen molar-refractivity contribution < 1.29 is 47.4 Å². The number of aromatic nitrogens is 8. The van der Waals surface area contributed by atoms with E-state index in [4.69, 9.17) is 47.4 Å². The van der Waals surface area contributed by atoms with Crippen LogP contribution < -0.4 is 52.7 Å². The number of rotatable bonds is 8. The van der Waals surface area contributed by atoms with E-state index in [1.54, 1.807) is 0 Å². The number of hydrogen-bond donors (Lipinski definition) is 1. The van der Waals surface area contributed by atoms with Crippen molar-refractivity contribution >= 4 is 5.82 Å². The van der Waals surface area contributed by atoms with Gasteiger partial charge in [0, 0.05) is 72.0 Å². The van der Waals surface area contributed by atoms with Gasteiger partial charge >= 0.3 is 0 Å². The third kappa shape index (κ3) is 22.8. The zero-order chi connectivity index (χ0) is 74.2. The van der Waals surface area contributed by atoms with Crippen molar-refractivity contribution in [2.24, 2.45) is 0 Å². The molecule has 19 nitrogen and oxygen atoms in total. The van der Waals surface area contributed by atoms with Crippen LogP contribution in [0.3, 0.4) is 0 Å². The van der Waals surface area contributed by atoms with Crippen molar-refractivity contribution in [3.63, 3.8) is 0 Å². The van der Waals surface area contributed by atoms with Gasteiger partial charge in [0.15, 0.2) is 28.8 Å². The first kappa shape index (κ1) is 79.1. The molecule has 0 aromatic carbocycles. The van der Waals surface area contributed by atoms with Gasteiger partial charge in [-0.2, -0.15) is 0 Å². The van der Waals surface area contributed by atoms with Crippen LogP contribution in [0.25, 0.3) is 0 Å². The lowest BCUT2D eigenvalue weighted by atomic mass is 9.93. The monoisotopic (exact) mass is 1420 g/mol. The number of pyridine rings is 8. The van der Waals surface area contributed by atoms with E-state index >= 15 is 0 Å². The van der Waals surface area contributed by atoms with E-state index < -0.39 is 0 Å². The Bertz CT molecular complexity index is 3530. The third-order valence-corrected chi connectivity index (χ3v) is 18.8. The minimum atomic E-state index is 0.296. The van der Waals surface area contributed by atoms with Gasteiger partial charge < -0.3 is 52.7 Å². The topological polar surface area (TPSA) is 207 Å². The van der Waals surface area contributed by atoms with Crippen molar-refractivity contribution in [1.29, 1.82) is 0 Å². The molecule has 1 N–H and O–H groups in total. The Morgan fingerprint density at radius 3 is 1.23 bits per heavy atom. The summed E-state index contributed by atoms with van der Waals surface area (Å²) in [4.78, 5) is 34.5. The minimum Gasteiger partial charge on any atom is -0.492 e. The summed E-state index contributed by atoms with van der Waals surface area (Å²) in [6, 6.07) is 15.0. The molecular weight excluding hydrogens is 1310 g/mol. The van der Waals surface area contributed by atoms with Gasteiger partial charge in [-0.1, -0.05) is 117 Å². The van der Waals surface area contributed by atoms with Crippen LogP contribution in [0, 0.1) is 6.92 Å². The molecule has 15 heterocycles. The molecule has 7 aliphatic heterocycles. The molecule has 0 saturated heterocycles. The second-order valence-electron chi connectivity index (χ2n) is 29.7. The van der Waals surface area contributed by atoms with Crippen LogP contribution in [0.15, 0.2) is 92.0 Å². The van der Waals surface area contributed by atoms with Crippen molar-refractivity contribution in [3.05, 3.63) is 170 Å². The van der Waals surface area contributed by atoms with Crippen LogP contribution >= 0.6 is 0 Å². The molecule has 0 atom stereocenters. The average Bonchev–Trinajstić information content (AvgIpc) is 0.904. The maximum Gasteiger partial charge on any atom is 0.260 e. The Morgan fingerprint density at radius 2 is 0.663 bits per heavy atom. The lowest BCUT2D eigenvalue weighted by Crippen LogP contribution is -2.19. The molecule has 16 rings (SSSR count). The van der Waals surface area contributed by atoms with Crippen LogP contribution in [-0.2, 0) is 32.1 Å². The van der Waals surface area contributed by atoms with E-state index in [0.29, 0.717) is 98.2 Å². The number of aryl methyl sites for hydroxylation is 5. The molecule has 0 saturated carbocycles. The second kappa shape index (κ2) is 39.2. The fraction of sp³-hybridized carbons (Fsp3) is 0.529. The van der Waals surface area contributed by atoms with Crippen LogP contribution in [0.1, 0.15) is 268 Å². The highest BCUT2D eigenvalue weighted by Crippen LogP contribution is 2.37. The number of nitrogens with one attached hydrogen (secondary N) is 1. The number of hydrogen-bond acceptors (Lipinski definition) is 19. The number of nitrogens with zero attached hydrogens (tertiary/aromatic N) is 8. The molecule has 8 aromatic rings. The van der Waals surface area contributed by atoms with Crippen molar-refractivity contribution in [2.75, 3.05) is 71.5 Å². The minimum absolute atomic E-state index is 0.296. The smallest absolute Gasteiger partial charge is 0.260 e. The van der Waals surface area contributed by atoms with Gasteiger partial charge in [-0.15, -0.1) is 0 Å². The zero-order valence-corrected chi connectivity index (χ0v) is 65.1. The standard InChI is InChI=1S/C12H17N.C11H15NO2.3C11H15NO.C10H14N2O.C10H13NO2.C9H11NO2/c1-9(2)11-7-10-5-3-4-6-12(10)13-8-11;1-7(2)9-6-12-11-10(8(9)3)13-4-5-14-11;1-8(2)9-6-11-10(12-7-9)4-3-5-13-11;2*1-8(2)10-6-9-4-3-5-13-11(9)12-7-10;1-7(2)8-5-9-10(12-6-8)11-3-4-13-9;1-7(2)8-5-9-10(11-6-8)13-4-3-12-9;1-6(2)7-3-8-9(10-4-7)12-5-11-8/h7-9H,3-6H2,1-2H3;6-7H,4-5H2,1-3H3;3*6-8H,3-5H2,1-2H3;5-7H,3-4H2,1-2H3,(H,11,12);5-7H,3-4H2,1-2H3;3-4,6H,5H2,1-2H3. The molecule has 0 radical (unpaired) electrons. The molecule has 104 heavy (non-hydrogen) atoms. The Kier molecular flexibility index (Phi) is 29.8. The Hall–Kier alpha value is -9.00. The molecule has 8 aromatic heterocycles. The summed E-state index contributed by atoms with van der Waals surface area (Å²) in [6.07, 6.45) is 27.1. The van der Waals surface area contributed by atoms with Crippen molar-refractivity contribution in [1.82, 2.24) is 39.9 Å². The Morgan fingerprint density at radius 1 is 0.288 bits per heavy atom. The lowest BCUT2D eigenvalue weighted by Gasteiger charge is -2.21. The fourth-order valence-electron chi connectivity index (χ4n) is 12.1. The van der Waals surface area contributed by atoms with Gasteiger partial charge in [0.1, 0.15) is 38.8 Å². The van der Waals surface area contributed by atoms with Gasteiger partial charge in [-0.3, -0.25) is 9.97 Å². The van der Waals surface area contributed by atoms with Crippen LogP contribution in [-0.4, -0.2) is 106 Å². The summed E-state index contributed by atoms with van der Waals surface area (Å²) in [5, 5.41) is 3.19. The summed E-state index contributed by atoms with van der Waals surface area (Å²) in [6.45, 7) is 43.5. The summed E-state index contributed by atoms with van der Waals surface area (Å²) < 4.78 is 53.9. The number of anilines is 1. The van der Waals surface area contributed by atoms with E-state index in [-0.39, 0.29) is 0 Å². The first-order valence-electron chi connectivity index (χ1n) is 38.1. The summed E-state index contributed by atoms with van der Waals surface area (Å²) in [5.41, 5.74) is 17.8. The molecular formula is C85H115N9O10. The predicted octanol–water partition coefficient (Wildman–Crippen LogP) is 18.9. The Labute approximate surface area is 619 Å². The first-order chi connectivity index (χ1) is 50.1. The zero-order valence-electron chi connectivity index (χ0n) is 65.1. The summed E-state index contributed by atoms with van der Waals surface area (Å²) in [5.74, 6) is 12.9. The summed E-state index contributed by atoms with van der Waals surface area (Å²) >= 11 is 0. The van der Waals surface area contributed by atoms with E-state index in [1.807, 2.05) is 55.5 Å². The van der Waals surface area contributed by atoms with Crippen molar-refractivity contribution in [2.45, 2.75) is 229 Å². The summed E-state index contributed by atoms with van der Waals surface area (Å²) in [7, 11) is 0. The molecule has 0 fully saturated rings. The quantitative estimate of drug-likeness (QED) is 0.150. The molecule has 0 unspecified atom stereocenters. The molecule has 0 bridgehead atoms. The molecule has 8 aliphatic rings. The highest BCUT2D eigenvalue weighted by atomic mass is 16.7. The largest absolute Gasteiger partial charge is 0.492 e. The van der Waals surface area contributed by atoms with Crippen LogP contribution in [0.5, 0.6) is 58.1 Å². The van der Waals surface area contributed by atoms with E-state index in [2.05, 4.69) is 199 Å². The normalized spacial score (nSPS) is 15.0. The van der Waals surface area contributed by atoms with Gasteiger partial charge in [0.25, 0.3) is 17.6 Å². The molecule has 560 valence electrons. The number of ether oxygens (including phenoxy) is 10. The predicted molar refractivity (Wildman–Crippen MR) is 412 cm³/mol. The lowest BCUT2D eigenvalue weighted by molar-refractivity contribution is 0.163. The Balaban J connectivity index is 0.000000138. The van der Waals surface area contributed by atoms with E-state index in [0.717, 1.165) is 129 Å². The number of fused-ring (bicyclic) bond motifs is 8. The van der Waals surface area contributed by atoms with Crippen LogP contribution in [0.4, 0.5) is 5.82 Å². The second-order valence-corrected chi connectivity index (χ2v) is 29.7. The highest BCUT2D eigenvalue weighted by Gasteiger charge is 2.22. The SMILES string of the molecule is CC(C)c1cnc2c(c1)CCCC2.CC(C)c1cnc2c(c1)CCCO2.CC(C)c1cnc2c(c1)CCCO2.CC(C)c1cnc2c(c1)OCCC2.CC(C)c1cnc2c(c1)OCCN2.CC(C)c1cnc2c(c1)OCCO2.CC(C)c1cnc2c(c1)OCO2.Cc1c(C(C)C)cnc2c1OCCO2. The average molecular weight is 1420 g/mol. The first-order valence-corrected chi connectivity index (χ1v) is 38.1. The molecule has 0 amide bonds. The molecule has 1 aliphatic carbocycles. The highest BCUT2D eigenvalue weighted by molar-refractivity contribution is 5.53. The van der Waals surface area contributed by atoms with Crippen LogP contribution in [0.2, 0.25) is 0 Å². The fourth-order valence-corrected chi connectivity index (χ4v) is 12.1. The third-order valence-electron chi connectivity index (χ3n) is 18.8. The maximum absolute atomic E-state index is 5.56. The van der Waals surface area contributed by atoms with Crippen molar-refractivity contribution in [3.8, 4) is 58.1 Å². The van der Waals surface area contributed by atoms with Gasteiger partial charge in [-0.05, 0) is 205 Å². The van der Waals surface area contributed by atoms with E-state index in [9.17, 15) is 0 Å². The molecule has 0 spiro atoms.